The number of carbonyl (C=O) groups excluding carboxylic acids is 1. The SMILES string of the molecule is Cn1nc(C2CCN(C(=O)Nc3ccc(F)cc3)CC2)n(C2CC2)c1=O. The monoisotopic (exact) mass is 359 g/mol. The summed E-state index contributed by atoms with van der Waals surface area (Å²) in [5, 5.41) is 7.25. The van der Waals surface area contributed by atoms with Crippen LogP contribution in [-0.2, 0) is 7.05 Å². The molecule has 7 nitrogen and oxygen atoms in total. The minimum Gasteiger partial charge on any atom is -0.324 e. The number of likely N-dealkylation sites (tertiary alicyclic amines) is 1. The molecule has 0 atom stereocenters. The largest absolute Gasteiger partial charge is 0.345 e. The molecule has 1 aliphatic heterocycles. The van der Waals surface area contributed by atoms with Gasteiger partial charge in [0.25, 0.3) is 0 Å². The minimum absolute atomic E-state index is 0.0426. The fraction of sp³-hybridized carbons (Fsp3) is 0.500. The van der Waals surface area contributed by atoms with Crippen LogP contribution < -0.4 is 11.0 Å². The van der Waals surface area contributed by atoms with Crippen LogP contribution in [0.2, 0.25) is 0 Å². The number of piperidine rings is 1. The second kappa shape index (κ2) is 6.59. The number of benzene rings is 1. The number of carbonyl (C=O) groups is 1. The lowest BCUT2D eigenvalue weighted by Gasteiger charge is -2.31. The number of aryl methyl sites for hydroxylation is 1. The van der Waals surface area contributed by atoms with Crippen LogP contribution in [0, 0.1) is 5.82 Å². The number of nitrogens with zero attached hydrogens (tertiary/aromatic N) is 4. The second-order valence-corrected chi connectivity index (χ2v) is 7.06. The quantitative estimate of drug-likeness (QED) is 0.915. The van der Waals surface area contributed by atoms with Crippen LogP contribution in [0.4, 0.5) is 14.9 Å². The summed E-state index contributed by atoms with van der Waals surface area (Å²) in [6.45, 7) is 1.21. The third kappa shape index (κ3) is 3.23. The first kappa shape index (κ1) is 16.8. The second-order valence-electron chi connectivity index (χ2n) is 7.06. The molecule has 2 amide bonds. The molecule has 1 aromatic carbocycles. The van der Waals surface area contributed by atoms with Gasteiger partial charge in [-0.15, -0.1) is 0 Å². The third-order valence-electron chi connectivity index (χ3n) is 5.14. The van der Waals surface area contributed by atoms with Crippen molar-refractivity contribution in [2.75, 3.05) is 18.4 Å². The smallest absolute Gasteiger partial charge is 0.324 e. The van der Waals surface area contributed by atoms with Gasteiger partial charge >= 0.3 is 11.7 Å². The van der Waals surface area contributed by atoms with Crippen molar-refractivity contribution >= 4 is 11.7 Å². The molecule has 26 heavy (non-hydrogen) atoms. The zero-order valence-electron chi connectivity index (χ0n) is 14.7. The fourth-order valence-corrected chi connectivity index (χ4v) is 3.53. The lowest BCUT2D eigenvalue weighted by molar-refractivity contribution is 0.192. The fourth-order valence-electron chi connectivity index (χ4n) is 3.53. The van der Waals surface area contributed by atoms with Crippen molar-refractivity contribution in [3.05, 3.63) is 46.4 Å². The van der Waals surface area contributed by atoms with Crippen LogP contribution in [-0.4, -0.2) is 38.4 Å². The molecule has 8 heteroatoms. The standard InChI is InChI=1S/C18H22FN5O2/c1-22-18(26)24(15-6-7-15)16(21-22)12-8-10-23(11-9-12)17(25)20-14-4-2-13(19)3-5-14/h2-5,12,15H,6-11H2,1H3,(H,20,25). The molecule has 2 fully saturated rings. The summed E-state index contributed by atoms with van der Waals surface area (Å²) < 4.78 is 16.2. The average molecular weight is 359 g/mol. The van der Waals surface area contributed by atoms with E-state index in [0.29, 0.717) is 24.8 Å². The Morgan fingerprint density at radius 1 is 1.15 bits per heavy atom. The van der Waals surface area contributed by atoms with Gasteiger partial charge in [0.1, 0.15) is 11.6 Å². The normalized spacial score (nSPS) is 18.2. The van der Waals surface area contributed by atoms with Crippen molar-refractivity contribution in [2.24, 2.45) is 7.05 Å². The Bertz CT molecular complexity index is 861. The number of amides is 2. The molecule has 0 bridgehead atoms. The molecule has 2 aromatic rings. The first-order valence-electron chi connectivity index (χ1n) is 9.00. The zero-order chi connectivity index (χ0) is 18.3. The Morgan fingerprint density at radius 2 is 1.81 bits per heavy atom. The average Bonchev–Trinajstić information content (AvgIpc) is 3.43. The van der Waals surface area contributed by atoms with Gasteiger partial charge in [-0.05, 0) is 49.9 Å². The van der Waals surface area contributed by atoms with E-state index in [-0.39, 0.29) is 23.5 Å². The molecule has 1 saturated carbocycles. The third-order valence-corrected chi connectivity index (χ3v) is 5.14. The lowest BCUT2D eigenvalue weighted by atomic mass is 9.96. The van der Waals surface area contributed by atoms with E-state index in [1.54, 1.807) is 24.1 Å². The Morgan fingerprint density at radius 3 is 2.42 bits per heavy atom. The van der Waals surface area contributed by atoms with Crippen LogP contribution in [0.15, 0.2) is 29.1 Å². The van der Waals surface area contributed by atoms with Gasteiger partial charge in [0.05, 0.1) is 0 Å². The van der Waals surface area contributed by atoms with Crippen molar-refractivity contribution in [2.45, 2.75) is 37.6 Å². The first-order chi connectivity index (χ1) is 12.5. The van der Waals surface area contributed by atoms with Crippen LogP contribution in [0.25, 0.3) is 0 Å². The van der Waals surface area contributed by atoms with E-state index in [1.165, 1.54) is 16.8 Å². The highest BCUT2D eigenvalue weighted by atomic mass is 19.1. The van der Waals surface area contributed by atoms with Gasteiger partial charge in [0.15, 0.2) is 0 Å². The maximum atomic E-state index is 13.0. The number of urea groups is 1. The summed E-state index contributed by atoms with van der Waals surface area (Å²) in [5.41, 5.74) is 0.532. The molecular formula is C18H22FN5O2. The van der Waals surface area contributed by atoms with Gasteiger partial charge in [-0.25, -0.2) is 18.7 Å². The molecular weight excluding hydrogens is 337 g/mol. The lowest BCUT2D eigenvalue weighted by Crippen LogP contribution is -2.41. The van der Waals surface area contributed by atoms with E-state index in [2.05, 4.69) is 10.4 Å². The van der Waals surface area contributed by atoms with Crippen LogP contribution in [0.3, 0.4) is 0 Å². The Kier molecular flexibility index (Phi) is 4.26. The minimum atomic E-state index is -0.333. The Balaban J connectivity index is 1.40. The summed E-state index contributed by atoms with van der Waals surface area (Å²) in [7, 11) is 1.69. The maximum absolute atomic E-state index is 13.0. The van der Waals surface area contributed by atoms with Crippen molar-refractivity contribution in [3.8, 4) is 0 Å². The van der Waals surface area contributed by atoms with Gasteiger partial charge in [-0.1, -0.05) is 0 Å². The van der Waals surface area contributed by atoms with Crippen LogP contribution in [0.1, 0.15) is 43.5 Å². The molecule has 1 saturated heterocycles. The van der Waals surface area contributed by atoms with Crippen LogP contribution >= 0.6 is 0 Å². The summed E-state index contributed by atoms with van der Waals surface area (Å²) in [6, 6.07) is 5.84. The molecule has 4 rings (SSSR count). The Labute approximate surface area is 150 Å². The number of hydrogen-bond donors (Lipinski definition) is 1. The van der Waals surface area contributed by atoms with E-state index in [1.807, 2.05) is 4.57 Å². The number of aromatic nitrogens is 3. The number of nitrogens with one attached hydrogen (secondary N) is 1. The molecule has 0 unspecified atom stereocenters. The summed E-state index contributed by atoms with van der Waals surface area (Å²) in [4.78, 5) is 26.4. The topological polar surface area (TPSA) is 72.2 Å². The highest BCUT2D eigenvalue weighted by Crippen LogP contribution is 2.37. The first-order valence-corrected chi connectivity index (χ1v) is 9.00. The Hall–Kier alpha value is -2.64. The highest BCUT2D eigenvalue weighted by molar-refractivity contribution is 5.89. The van der Waals surface area contributed by atoms with Gasteiger partial charge in [-0.3, -0.25) is 4.57 Å². The summed E-state index contributed by atoms with van der Waals surface area (Å²) >= 11 is 0. The van der Waals surface area contributed by atoms with E-state index >= 15 is 0 Å². The number of anilines is 1. The molecule has 2 heterocycles. The van der Waals surface area contributed by atoms with Crippen LogP contribution in [0.5, 0.6) is 0 Å². The molecule has 1 aliphatic carbocycles. The summed E-state index contributed by atoms with van der Waals surface area (Å²) in [6.07, 6.45) is 3.63. The van der Waals surface area contributed by atoms with E-state index in [9.17, 15) is 14.0 Å². The van der Waals surface area contributed by atoms with Crippen molar-refractivity contribution in [1.82, 2.24) is 19.2 Å². The van der Waals surface area contributed by atoms with Crippen molar-refractivity contribution in [3.63, 3.8) is 0 Å². The van der Waals surface area contributed by atoms with Gasteiger partial charge in [0.2, 0.25) is 0 Å². The van der Waals surface area contributed by atoms with Gasteiger partial charge < -0.3 is 10.2 Å². The predicted molar refractivity (Wildman–Crippen MR) is 94.7 cm³/mol. The highest BCUT2D eigenvalue weighted by Gasteiger charge is 2.34. The molecule has 138 valence electrons. The van der Waals surface area contributed by atoms with E-state index < -0.39 is 0 Å². The van der Waals surface area contributed by atoms with E-state index in [4.69, 9.17) is 0 Å². The molecule has 0 spiro atoms. The molecule has 1 N–H and O–H groups in total. The maximum Gasteiger partial charge on any atom is 0.345 e. The molecule has 2 aliphatic rings. The molecule has 1 aromatic heterocycles. The number of halogens is 1. The van der Waals surface area contributed by atoms with Gasteiger partial charge in [-0.2, -0.15) is 5.10 Å². The van der Waals surface area contributed by atoms with E-state index in [0.717, 1.165) is 31.5 Å². The number of rotatable bonds is 3. The number of hydrogen-bond acceptors (Lipinski definition) is 3. The molecule has 0 radical (unpaired) electrons. The predicted octanol–water partition coefficient (Wildman–Crippen LogP) is 2.47. The van der Waals surface area contributed by atoms with Crippen molar-refractivity contribution < 1.29 is 9.18 Å². The summed E-state index contributed by atoms with van der Waals surface area (Å²) in [5.74, 6) is 0.721. The zero-order valence-corrected chi connectivity index (χ0v) is 14.7. The van der Waals surface area contributed by atoms with Crippen molar-refractivity contribution in [1.29, 1.82) is 0 Å². The van der Waals surface area contributed by atoms with Gasteiger partial charge in [0, 0.05) is 37.8 Å².